The Morgan fingerprint density at radius 1 is 1.00 bits per heavy atom. The minimum Gasteiger partial charge on any atom is -0.325 e. The monoisotopic (exact) mass is 549 g/mol. The molecule has 9 nitrogen and oxygen atoms in total. The van der Waals surface area contributed by atoms with Gasteiger partial charge in [-0.1, -0.05) is 12.1 Å². The summed E-state index contributed by atoms with van der Waals surface area (Å²) in [4.78, 5) is 33.8. The average Bonchev–Trinajstić information content (AvgIpc) is 3.23. The van der Waals surface area contributed by atoms with Crippen LogP contribution >= 0.6 is 0 Å². The largest absolute Gasteiger partial charge is 0.416 e. The summed E-state index contributed by atoms with van der Waals surface area (Å²) < 4.78 is 41.0. The van der Waals surface area contributed by atoms with Crippen molar-refractivity contribution < 1.29 is 22.8 Å². The van der Waals surface area contributed by atoms with Crippen molar-refractivity contribution in [3.8, 4) is 0 Å². The Hall–Kier alpha value is -4.87. The van der Waals surface area contributed by atoms with E-state index < -0.39 is 17.6 Å². The maximum atomic E-state index is 13.5. The minimum atomic E-state index is -4.56. The van der Waals surface area contributed by atoms with Gasteiger partial charge in [-0.2, -0.15) is 18.3 Å². The number of amides is 3. The summed E-state index contributed by atoms with van der Waals surface area (Å²) in [6.07, 6.45) is -2.86. The molecule has 0 spiro atoms. The van der Waals surface area contributed by atoms with Crippen LogP contribution in [-0.2, 0) is 19.8 Å². The molecule has 2 aromatic carbocycles. The number of hydrogen-bond acceptors (Lipinski definition) is 5. The minimum absolute atomic E-state index is 0.128. The summed E-state index contributed by atoms with van der Waals surface area (Å²) in [6, 6.07) is 12.6. The summed E-state index contributed by atoms with van der Waals surface area (Å²) in [5, 5.41) is 10.2. The fraction of sp³-hybridized carbons (Fsp3) is 0.214. The van der Waals surface area contributed by atoms with E-state index in [4.69, 9.17) is 0 Å². The number of benzene rings is 2. The third-order valence-corrected chi connectivity index (χ3v) is 6.64. The Kier molecular flexibility index (Phi) is 6.70. The predicted molar refractivity (Wildman–Crippen MR) is 146 cm³/mol. The number of hydrogen-bond donors (Lipinski definition) is 2. The fourth-order valence-corrected chi connectivity index (χ4v) is 4.56. The normalized spacial score (nSPS) is 13.3. The molecule has 1 aliphatic heterocycles. The standard InChI is InChI=1S/C28H26F3N7O2/c1-16-8-9-21(33-26(39)18-6-5-7-20(11-18)28(29,30)31)12-22(16)38-15-19-14-32-24(13-23(19)36(3)27(38)40)34-25-10-17(2)35-37(25)4/h5-14H,15H2,1-4H3,(H,32,34)(H,33,39). The third-order valence-electron chi connectivity index (χ3n) is 6.64. The molecule has 0 atom stereocenters. The van der Waals surface area contributed by atoms with E-state index in [9.17, 15) is 22.8 Å². The summed E-state index contributed by atoms with van der Waals surface area (Å²) in [5.41, 5.74) is 3.00. The number of halogens is 3. The van der Waals surface area contributed by atoms with E-state index in [0.717, 1.165) is 34.8 Å². The second-order valence-electron chi connectivity index (χ2n) is 9.58. The highest BCUT2D eigenvalue weighted by atomic mass is 19.4. The lowest BCUT2D eigenvalue weighted by Crippen LogP contribution is -2.45. The second kappa shape index (κ2) is 10.0. The molecule has 2 aromatic heterocycles. The third kappa shape index (κ3) is 5.20. The number of aromatic nitrogens is 3. The first-order chi connectivity index (χ1) is 18.9. The molecule has 0 saturated heterocycles. The summed E-state index contributed by atoms with van der Waals surface area (Å²) >= 11 is 0. The number of nitrogens with one attached hydrogen (secondary N) is 2. The zero-order chi connectivity index (χ0) is 28.8. The molecule has 206 valence electrons. The van der Waals surface area contributed by atoms with Crippen molar-refractivity contribution in [1.82, 2.24) is 14.8 Å². The first kappa shape index (κ1) is 26.7. The lowest BCUT2D eigenvalue weighted by atomic mass is 10.1. The van der Waals surface area contributed by atoms with Crippen LogP contribution in [0.25, 0.3) is 0 Å². The van der Waals surface area contributed by atoms with Crippen LogP contribution in [-0.4, -0.2) is 33.8 Å². The lowest BCUT2D eigenvalue weighted by Gasteiger charge is -2.36. The molecule has 0 unspecified atom stereocenters. The van der Waals surface area contributed by atoms with Gasteiger partial charge < -0.3 is 10.6 Å². The van der Waals surface area contributed by atoms with Crippen LogP contribution < -0.4 is 20.4 Å². The van der Waals surface area contributed by atoms with E-state index in [1.54, 1.807) is 47.1 Å². The van der Waals surface area contributed by atoms with Gasteiger partial charge in [0.2, 0.25) is 0 Å². The van der Waals surface area contributed by atoms with Crippen molar-refractivity contribution in [1.29, 1.82) is 0 Å². The van der Waals surface area contributed by atoms with Crippen LogP contribution in [0.1, 0.15) is 32.7 Å². The molecule has 0 fully saturated rings. The average molecular weight is 550 g/mol. The van der Waals surface area contributed by atoms with Crippen LogP contribution in [0.5, 0.6) is 0 Å². The van der Waals surface area contributed by atoms with Gasteiger partial charge in [0, 0.05) is 49.2 Å². The maximum absolute atomic E-state index is 13.5. The highest BCUT2D eigenvalue weighted by molar-refractivity contribution is 6.08. The number of pyridine rings is 1. The van der Waals surface area contributed by atoms with Crippen LogP contribution in [0.15, 0.2) is 60.8 Å². The number of fused-ring (bicyclic) bond motifs is 1. The highest BCUT2D eigenvalue weighted by Crippen LogP contribution is 2.35. The van der Waals surface area contributed by atoms with Crippen molar-refractivity contribution in [2.45, 2.75) is 26.6 Å². The molecule has 0 bridgehead atoms. The van der Waals surface area contributed by atoms with Gasteiger partial charge >= 0.3 is 12.2 Å². The number of rotatable bonds is 5. The predicted octanol–water partition coefficient (Wildman–Crippen LogP) is 6.02. The molecule has 2 N–H and O–H groups in total. The van der Waals surface area contributed by atoms with Crippen molar-refractivity contribution in [2.24, 2.45) is 7.05 Å². The molecule has 3 heterocycles. The van der Waals surface area contributed by atoms with E-state index in [0.29, 0.717) is 22.9 Å². The molecule has 5 rings (SSSR count). The Bertz CT molecular complexity index is 1630. The SMILES string of the molecule is Cc1cc(Nc2cc3c(cn2)CN(c2cc(NC(=O)c4cccc(C(F)(F)F)c4)ccc2C)C(=O)N3C)n(C)n1. The molecule has 1 aliphatic rings. The van der Waals surface area contributed by atoms with Gasteiger partial charge in [0.1, 0.15) is 11.6 Å². The highest BCUT2D eigenvalue weighted by Gasteiger charge is 2.32. The number of carbonyl (C=O) groups excluding carboxylic acids is 2. The van der Waals surface area contributed by atoms with Gasteiger partial charge in [-0.25, -0.2) is 9.78 Å². The molecule has 0 saturated carbocycles. The fourth-order valence-electron chi connectivity index (χ4n) is 4.56. The molecule has 12 heteroatoms. The van der Waals surface area contributed by atoms with E-state index >= 15 is 0 Å². The van der Waals surface area contributed by atoms with Gasteiger partial charge in [-0.3, -0.25) is 19.3 Å². The molecule has 0 aliphatic carbocycles. The number of alkyl halides is 3. The Morgan fingerprint density at radius 2 is 1.77 bits per heavy atom. The first-order valence-corrected chi connectivity index (χ1v) is 12.3. The van der Waals surface area contributed by atoms with Gasteiger partial charge in [-0.15, -0.1) is 0 Å². The Balaban J connectivity index is 1.38. The number of anilines is 5. The van der Waals surface area contributed by atoms with Crippen molar-refractivity contribution in [2.75, 3.05) is 27.5 Å². The second-order valence-corrected chi connectivity index (χ2v) is 9.58. The van der Waals surface area contributed by atoms with Gasteiger partial charge in [-0.05, 0) is 49.7 Å². The number of nitrogens with zero attached hydrogens (tertiary/aromatic N) is 5. The maximum Gasteiger partial charge on any atom is 0.416 e. The first-order valence-electron chi connectivity index (χ1n) is 12.3. The van der Waals surface area contributed by atoms with Gasteiger partial charge in [0.05, 0.1) is 29.2 Å². The Morgan fingerprint density at radius 3 is 2.48 bits per heavy atom. The molecule has 3 amide bonds. The molecule has 0 radical (unpaired) electrons. The zero-order valence-electron chi connectivity index (χ0n) is 22.2. The van der Waals surface area contributed by atoms with Crippen molar-refractivity contribution >= 4 is 40.6 Å². The van der Waals surface area contributed by atoms with E-state index in [-0.39, 0.29) is 18.1 Å². The van der Waals surface area contributed by atoms with E-state index in [1.165, 1.54) is 17.0 Å². The van der Waals surface area contributed by atoms with Crippen LogP contribution in [0, 0.1) is 13.8 Å². The van der Waals surface area contributed by atoms with Crippen molar-refractivity contribution in [3.05, 3.63) is 88.7 Å². The summed E-state index contributed by atoms with van der Waals surface area (Å²) in [7, 11) is 3.49. The van der Waals surface area contributed by atoms with Crippen molar-refractivity contribution in [3.63, 3.8) is 0 Å². The van der Waals surface area contributed by atoms with Crippen LogP contribution in [0.3, 0.4) is 0 Å². The summed E-state index contributed by atoms with van der Waals surface area (Å²) in [6.45, 7) is 3.96. The zero-order valence-corrected chi connectivity index (χ0v) is 22.2. The quantitative estimate of drug-likeness (QED) is 0.317. The van der Waals surface area contributed by atoms with E-state index in [1.807, 2.05) is 27.0 Å². The smallest absolute Gasteiger partial charge is 0.325 e. The Labute approximate surface area is 228 Å². The van der Waals surface area contributed by atoms with Gasteiger partial charge in [0.25, 0.3) is 5.91 Å². The number of aryl methyl sites for hydroxylation is 3. The molecular weight excluding hydrogens is 523 g/mol. The van der Waals surface area contributed by atoms with E-state index in [2.05, 4.69) is 20.7 Å². The molecule has 40 heavy (non-hydrogen) atoms. The number of urea groups is 1. The van der Waals surface area contributed by atoms with Crippen LogP contribution in [0.2, 0.25) is 0 Å². The lowest BCUT2D eigenvalue weighted by molar-refractivity contribution is -0.137. The summed E-state index contributed by atoms with van der Waals surface area (Å²) in [5.74, 6) is 0.627. The topological polar surface area (TPSA) is 95.4 Å². The van der Waals surface area contributed by atoms with Crippen LogP contribution in [0.4, 0.5) is 46.7 Å². The number of carbonyl (C=O) groups is 2. The molecular formula is C28H26F3N7O2. The van der Waals surface area contributed by atoms with Gasteiger partial charge in [0.15, 0.2) is 0 Å². The molecule has 4 aromatic rings.